The molecule has 1 aliphatic carbocycles. The highest BCUT2D eigenvalue weighted by atomic mass is 32.2. The van der Waals surface area contributed by atoms with Gasteiger partial charge < -0.3 is 0 Å². The van der Waals surface area contributed by atoms with Crippen molar-refractivity contribution in [2.75, 3.05) is 5.75 Å². The van der Waals surface area contributed by atoms with Crippen LogP contribution < -0.4 is 0 Å². The molecular weight excluding hydrogens is 284 g/mol. The molecule has 1 fully saturated rings. The van der Waals surface area contributed by atoms with Gasteiger partial charge in [-0.3, -0.25) is 4.79 Å². The van der Waals surface area contributed by atoms with Gasteiger partial charge in [0.15, 0.2) is 9.84 Å². The fraction of sp³-hybridized carbons (Fsp3) is 0.588. The van der Waals surface area contributed by atoms with Crippen LogP contribution in [0.5, 0.6) is 0 Å². The molecule has 1 aliphatic rings. The van der Waals surface area contributed by atoms with Gasteiger partial charge in [-0.25, -0.2) is 8.42 Å². The first kappa shape index (κ1) is 16.2. The molecule has 0 saturated heterocycles. The molecule has 0 aliphatic heterocycles. The van der Waals surface area contributed by atoms with E-state index in [0.717, 1.165) is 31.2 Å². The summed E-state index contributed by atoms with van der Waals surface area (Å²) >= 11 is 0. The van der Waals surface area contributed by atoms with Crippen molar-refractivity contribution in [2.24, 2.45) is 11.8 Å². The summed E-state index contributed by atoms with van der Waals surface area (Å²) in [6.45, 7) is 3.55. The number of hydrogen-bond acceptors (Lipinski definition) is 3. The van der Waals surface area contributed by atoms with Crippen molar-refractivity contribution in [3.63, 3.8) is 0 Å². The summed E-state index contributed by atoms with van der Waals surface area (Å²) in [4.78, 5) is 12.8. The summed E-state index contributed by atoms with van der Waals surface area (Å²) in [5.41, 5.74) is 0.745. The lowest BCUT2D eigenvalue weighted by atomic mass is 9.82. The van der Waals surface area contributed by atoms with E-state index < -0.39 is 15.8 Å². The molecule has 1 aromatic rings. The maximum atomic E-state index is 12.5. The Morgan fingerprint density at radius 1 is 1.19 bits per heavy atom. The summed E-state index contributed by atoms with van der Waals surface area (Å²) < 4.78 is 25.0. The van der Waals surface area contributed by atoms with Gasteiger partial charge in [-0.2, -0.15) is 0 Å². The zero-order valence-corrected chi connectivity index (χ0v) is 13.7. The molecule has 1 atom stereocenters. The van der Waals surface area contributed by atoms with Gasteiger partial charge in [0.05, 0.1) is 10.6 Å². The van der Waals surface area contributed by atoms with Gasteiger partial charge in [-0.15, -0.1) is 0 Å². The fourth-order valence-corrected chi connectivity index (χ4v) is 5.04. The number of aryl methyl sites for hydroxylation is 1. The van der Waals surface area contributed by atoms with E-state index in [2.05, 4.69) is 0 Å². The van der Waals surface area contributed by atoms with Gasteiger partial charge in [-0.1, -0.05) is 44.4 Å². The first-order chi connectivity index (χ1) is 9.92. The summed E-state index contributed by atoms with van der Waals surface area (Å²) in [7, 11) is -3.39. The SMILES string of the molecule is Cc1ccccc1S(=O)(=O)CC(C)C(=O)C1CCCCC1. The van der Waals surface area contributed by atoms with Crippen LogP contribution in [0.1, 0.15) is 44.6 Å². The van der Waals surface area contributed by atoms with Crippen molar-refractivity contribution in [1.29, 1.82) is 0 Å². The molecule has 4 heteroatoms. The van der Waals surface area contributed by atoms with E-state index in [1.165, 1.54) is 6.42 Å². The van der Waals surface area contributed by atoms with Crippen LogP contribution in [0.15, 0.2) is 29.2 Å². The monoisotopic (exact) mass is 308 g/mol. The highest BCUT2D eigenvalue weighted by Gasteiger charge is 2.29. The number of Topliss-reactive ketones (excluding diaryl/α,β-unsaturated/α-hetero) is 1. The Morgan fingerprint density at radius 2 is 1.81 bits per heavy atom. The van der Waals surface area contributed by atoms with Crippen molar-refractivity contribution < 1.29 is 13.2 Å². The Bertz CT molecular complexity index is 598. The molecule has 3 nitrogen and oxygen atoms in total. The van der Waals surface area contributed by atoms with Crippen LogP contribution in [0.3, 0.4) is 0 Å². The normalized spacial score (nSPS) is 18.4. The number of carbonyl (C=O) groups is 1. The highest BCUT2D eigenvalue weighted by molar-refractivity contribution is 7.91. The van der Waals surface area contributed by atoms with E-state index >= 15 is 0 Å². The van der Waals surface area contributed by atoms with Crippen molar-refractivity contribution >= 4 is 15.6 Å². The molecule has 116 valence electrons. The Hall–Kier alpha value is -1.16. The third-order valence-electron chi connectivity index (χ3n) is 4.39. The van der Waals surface area contributed by atoms with Crippen molar-refractivity contribution in [3.05, 3.63) is 29.8 Å². The second-order valence-corrected chi connectivity index (χ2v) is 8.19. The van der Waals surface area contributed by atoms with E-state index in [1.807, 2.05) is 6.07 Å². The van der Waals surface area contributed by atoms with Crippen LogP contribution in [0.25, 0.3) is 0 Å². The predicted molar refractivity (Wildman–Crippen MR) is 84.0 cm³/mol. The quantitative estimate of drug-likeness (QED) is 0.836. The second-order valence-electron chi connectivity index (χ2n) is 6.19. The Labute approximate surface area is 127 Å². The van der Waals surface area contributed by atoms with Crippen LogP contribution in [-0.2, 0) is 14.6 Å². The number of ketones is 1. The van der Waals surface area contributed by atoms with Crippen LogP contribution in [-0.4, -0.2) is 20.0 Å². The van der Waals surface area contributed by atoms with E-state index in [0.29, 0.717) is 4.90 Å². The van der Waals surface area contributed by atoms with Gasteiger partial charge in [0.1, 0.15) is 5.78 Å². The standard InChI is InChI=1S/C17H24O3S/c1-13-8-6-7-11-16(13)21(19,20)12-14(2)17(18)15-9-4-3-5-10-15/h6-8,11,14-15H,3-5,9-10,12H2,1-2H3. The van der Waals surface area contributed by atoms with Crippen molar-refractivity contribution in [2.45, 2.75) is 50.8 Å². The largest absolute Gasteiger partial charge is 0.299 e. The molecule has 0 bridgehead atoms. The molecule has 0 spiro atoms. The molecule has 21 heavy (non-hydrogen) atoms. The minimum absolute atomic E-state index is 0.0702. The highest BCUT2D eigenvalue weighted by Crippen LogP contribution is 2.28. The molecule has 2 rings (SSSR count). The number of carbonyl (C=O) groups excluding carboxylic acids is 1. The minimum Gasteiger partial charge on any atom is -0.299 e. The number of benzene rings is 1. The maximum absolute atomic E-state index is 12.5. The lowest BCUT2D eigenvalue weighted by Crippen LogP contribution is -2.29. The molecule has 0 aromatic heterocycles. The summed E-state index contributed by atoms with van der Waals surface area (Å²) in [6.07, 6.45) is 5.22. The van der Waals surface area contributed by atoms with Gasteiger partial charge in [0.2, 0.25) is 0 Å². The van der Waals surface area contributed by atoms with Crippen molar-refractivity contribution in [3.8, 4) is 0 Å². The van der Waals surface area contributed by atoms with E-state index in [4.69, 9.17) is 0 Å². The zero-order chi connectivity index (χ0) is 15.5. The van der Waals surface area contributed by atoms with Gasteiger partial charge in [0.25, 0.3) is 0 Å². The van der Waals surface area contributed by atoms with Gasteiger partial charge in [0, 0.05) is 11.8 Å². The van der Waals surface area contributed by atoms with E-state index in [-0.39, 0.29) is 17.5 Å². The van der Waals surface area contributed by atoms with Gasteiger partial charge >= 0.3 is 0 Å². The molecule has 0 radical (unpaired) electrons. The lowest BCUT2D eigenvalue weighted by Gasteiger charge is -2.23. The molecule has 0 N–H and O–H groups in total. The number of sulfone groups is 1. The maximum Gasteiger partial charge on any atom is 0.179 e. The molecule has 1 unspecified atom stereocenters. The Kier molecular flexibility index (Phi) is 5.20. The average Bonchev–Trinajstić information content (AvgIpc) is 2.47. The average molecular weight is 308 g/mol. The van der Waals surface area contributed by atoms with Crippen molar-refractivity contribution in [1.82, 2.24) is 0 Å². The Balaban J connectivity index is 2.09. The third-order valence-corrected chi connectivity index (χ3v) is 6.46. The van der Waals surface area contributed by atoms with Crippen LogP contribution in [0, 0.1) is 18.8 Å². The summed E-state index contributed by atoms with van der Waals surface area (Å²) in [5, 5.41) is 0. The molecule has 0 heterocycles. The van der Waals surface area contributed by atoms with Crippen LogP contribution in [0.4, 0.5) is 0 Å². The summed E-state index contributed by atoms with van der Waals surface area (Å²) in [6, 6.07) is 6.97. The molecule has 0 amide bonds. The fourth-order valence-electron chi connectivity index (χ4n) is 3.20. The minimum atomic E-state index is -3.39. The third kappa shape index (κ3) is 3.94. The smallest absolute Gasteiger partial charge is 0.179 e. The van der Waals surface area contributed by atoms with Gasteiger partial charge in [-0.05, 0) is 31.4 Å². The number of rotatable bonds is 5. The van der Waals surface area contributed by atoms with Crippen LogP contribution in [0.2, 0.25) is 0 Å². The molecule has 1 saturated carbocycles. The molecular formula is C17H24O3S. The second kappa shape index (κ2) is 6.73. The first-order valence-corrected chi connectivity index (χ1v) is 9.39. The Morgan fingerprint density at radius 3 is 2.43 bits per heavy atom. The van der Waals surface area contributed by atoms with Crippen LogP contribution >= 0.6 is 0 Å². The van der Waals surface area contributed by atoms with E-state index in [9.17, 15) is 13.2 Å². The predicted octanol–water partition coefficient (Wildman–Crippen LogP) is 3.55. The molecule has 1 aromatic carbocycles. The zero-order valence-electron chi connectivity index (χ0n) is 12.8. The lowest BCUT2D eigenvalue weighted by molar-refractivity contribution is -0.126. The topological polar surface area (TPSA) is 51.2 Å². The number of hydrogen-bond donors (Lipinski definition) is 0. The summed E-state index contributed by atoms with van der Waals surface area (Å²) in [5.74, 6) is -0.293. The first-order valence-electron chi connectivity index (χ1n) is 7.74. The van der Waals surface area contributed by atoms with E-state index in [1.54, 1.807) is 32.0 Å².